The van der Waals surface area contributed by atoms with Gasteiger partial charge in [0, 0.05) is 25.9 Å². The Morgan fingerprint density at radius 1 is 1.18 bits per heavy atom. The quantitative estimate of drug-likeness (QED) is 0.468. The van der Waals surface area contributed by atoms with E-state index in [0.29, 0.717) is 4.90 Å². The van der Waals surface area contributed by atoms with Crippen molar-refractivity contribution in [1.82, 2.24) is 0 Å². The standard InChI is InChI=1S/C23H22O9S/c1-10(22(30)32-23-19(27)17(25)18(26)20(31-23)21(28)29)11-6-7-15-12(8-11)9-14(24)13-4-2-3-5-16(13)33-15/h2-8,10,17-20,23,25-27H,9H2,1H3,(H,28,29)/t10?,17-,18-,19+,20-,23-/m0/s1/i1D3,2D,3D,4D,5D. The van der Waals surface area contributed by atoms with E-state index in [0.717, 1.165) is 11.8 Å². The van der Waals surface area contributed by atoms with Crippen LogP contribution < -0.4 is 0 Å². The molecule has 2 aliphatic rings. The van der Waals surface area contributed by atoms with Crippen molar-refractivity contribution in [3.8, 4) is 0 Å². The van der Waals surface area contributed by atoms with E-state index in [-0.39, 0.29) is 28.0 Å². The van der Waals surface area contributed by atoms with Gasteiger partial charge in [-0.05, 0) is 30.1 Å². The lowest BCUT2D eigenvalue weighted by atomic mass is 9.96. The van der Waals surface area contributed by atoms with Gasteiger partial charge in [0.25, 0.3) is 0 Å². The third-order valence-electron chi connectivity index (χ3n) is 5.19. The van der Waals surface area contributed by atoms with Crippen LogP contribution in [0.5, 0.6) is 0 Å². The van der Waals surface area contributed by atoms with Gasteiger partial charge >= 0.3 is 11.9 Å². The van der Waals surface area contributed by atoms with Crippen LogP contribution in [0.4, 0.5) is 0 Å². The number of benzene rings is 2. The summed E-state index contributed by atoms with van der Waals surface area (Å²) in [5.74, 6) is -5.89. The highest BCUT2D eigenvalue weighted by Gasteiger charge is 2.48. The van der Waals surface area contributed by atoms with E-state index in [9.17, 15) is 34.8 Å². The van der Waals surface area contributed by atoms with E-state index in [1.54, 1.807) is 0 Å². The van der Waals surface area contributed by atoms with Crippen LogP contribution in [-0.2, 0) is 25.5 Å². The van der Waals surface area contributed by atoms with E-state index >= 15 is 0 Å². The number of carbonyl (C=O) groups is 3. The van der Waals surface area contributed by atoms with Gasteiger partial charge in [-0.2, -0.15) is 0 Å². The molecule has 2 aliphatic heterocycles. The van der Waals surface area contributed by atoms with Crippen molar-refractivity contribution in [2.24, 2.45) is 0 Å². The van der Waals surface area contributed by atoms with Gasteiger partial charge < -0.3 is 29.9 Å². The Morgan fingerprint density at radius 3 is 2.67 bits per heavy atom. The first-order valence-electron chi connectivity index (χ1n) is 13.1. The van der Waals surface area contributed by atoms with Gasteiger partial charge in [0.2, 0.25) is 6.29 Å². The molecule has 174 valence electrons. The average molecular weight is 482 g/mol. The van der Waals surface area contributed by atoms with Gasteiger partial charge in [0.05, 0.1) is 11.4 Å². The highest BCUT2D eigenvalue weighted by atomic mass is 32.2. The predicted molar refractivity (Wildman–Crippen MR) is 114 cm³/mol. The fourth-order valence-electron chi connectivity index (χ4n) is 3.43. The summed E-state index contributed by atoms with van der Waals surface area (Å²) in [6.07, 6.45) is -10.8. The summed E-state index contributed by atoms with van der Waals surface area (Å²) in [6, 6.07) is 1.86. The van der Waals surface area contributed by atoms with Crippen molar-refractivity contribution in [2.45, 2.75) is 59.7 Å². The zero-order valence-electron chi connectivity index (χ0n) is 23.6. The Labute approximate surface area is 202 Å². The maximum Gasteiger partial charge on any atom is 0.335 e. The molecule has 2 aromatic rings. The molecule has 4 rings (SSSR count). The van der Waals surface area contributed by atoms with Gasteiger partial charge in [0.1, 0.15) is 18.3 Å². The molecule has 10 heteroatoms. The van der Waals surface area contributed by atoms with Gasteiger partial charge in [-0.25, -0.2) is 4.79 Å². The summed E-state index contributed by atoms with van der Waals surface area (Å²) in [6.45, 7) is -3.05. The molecule has 33 heavy (non-hydrogen) atoms. The molecular weight excluding hydrogens is 452 g/mol. The van der Waals surface area contributed by atoms with Crippen LogP contribution in [0.15, 0.2) is 52.2 Å². The molecule has 2 aromatic carbocycles. The summed E-state index contributed by atoms with van der Waals surface area (Å²) in [5, 5.41) is 39.1. The Hall–Kier alpha value is -2.76. The number of aliphatic hydroxyl groups excluding tert-OH is 3. The van der Waals surface area contributed by atoms with Gasteiger partial charge in [-0.1, -0.05) is 42.0 Å². The number of hydrogen-bond donors (Lipinski definition) is 4. The molecule has 0 saturated carbocycles. The smallest absolute Gasteiger partial charge is 0.335 e. The number of rotatable bonds is 4. The van der Waals surface area contributed by atoms with Gasteiger partial charge in [-0.3, -0.25) is 9.59 Å². The Bertz CT molecular complexity index is 1400. The van der Waals surface area contributed by atoms with Crippen molar-refractivity contribution in [1.29, 1.82) is 0 Å². The van der Waals surface area contributed by atoms with Gasteiger partial charge in [0.15, 0.2) is 11.9 Å². The van der Waals surface area contributed by atoms with Crippen molar-refractivity contribution in [3.63, 3.8) is 0 Å². The number of Topliss-reactive ketones (excluding diaryl/α,β-unsaturated/α-hetero) is 1. The van der Waals surface area contributed by atoms with Crippen LogP contribution in [0, 0.1) is 0 Å². The molecule has 0 spiro atoms. The molecule has 0 radical (unpaired) electrons. The molecule has 0 bridgehead atoms. The van der Waals surface area contributed by atoms with Crippen LogP contribution in [0.2, 0.25) is 0 Å². The Balaban J connectivity index is 1.68. The van der Waals surface area contributed by atoms with E-state index < -0.39 is 85.4 Å². The number of fused-ring (bicyclic) bond motifs is 2. The summed E-state index contributed by atoms with van der Waals surface area (Å²) in [4.78, 5) is 37.9. The molecule has 6 atom stereocenters. The summed E-state index contributed by atoms with van der Waals surface area (Å²) in [5.41, 5.74) is -0.123. The number of aliphatic carboxylic acids is 1. The third-order valence-corrected chi connectivity index (χ3v) is 6.32. The van der Waals surface area contributed by atoms with Crippen molar-refractivity contribution in [2.75, 3.05) is 0 Å². The van der Waals surface area contributed by atoms with Crippen molar-refractivity contribution < 1.29 is 53.9 Å². The molecule has 1 unspecified atom stereocenters. The monoisotopic (exact) mass is 481 g/mol. The fraction of sp³-hybridized carbons (Fsp3) is 0.348. The largest absolute Gasteiger partial charge is 0.479 e. The van der Waals surface area contributed by atoms with E-state index in [1.807, 2.05) is 0 Å². The first kappa shape index (κ1) is 16.0. The predicted octanol–water partition coefficient (Wildman–Crippen LogP) is 1.12. The molecule has 1 fully saturated rings. The summed E-state index contributed by atoms with van der Waals surface area (Å²) < 4.78 is 65.8. The maximum atomic E-state index is 13.1. The van der Waals surface area contributed by atoms with Gasteiger partial charge in [-0.15, -0.1) is 0 Å². The number of ether oxygens (including phenoxy) is 2. The molecule has 1 saturated heterocycles. The number of carboxylic acids is 1. The SMILES string of the molecule is [2H]c1c([2H])c([2H])c2c(c1[2H])Sc1ccc(C(C(=O)O[C@@H]3O[C@H](C(=O)O)[C@@H](O)[C@H](O)[C@H]3O)C([2H])([2H])[2H])cc1CC2=O. The topological polar surface area (TPSA) is 151 Å². The van der Waals surface area contributed by atoms with Crippen LogP contribution in [0.3, 0.4) is 0 Å². The molecule has 9 nitrogen and oxygen atoms in total. The third kappa shape index (κ3) is 4.53. The minimum absolute atomic E-state index is 0.00597. The lowest BCUT2D eigenvalue weighted by molar-refractivity contribution is -0.286. The minimum Gasteiger partial charge on any atom is -0.479 e. The maximum absolute atomic E-state index is 13.1. The molecule has 0 aliphatic carbocycles. The average Bonchev–Trinajstić information content (AvgIpc) is 3.01. The van der Waals surface area contributed by atoms with Crippen LogP contribution in [-0.4, -0.2) is 68.9 Å². The van der Waals surface area contributed by atoms with E-state index in [1.165, 1.54) is 18.2 Å². The first-order chi connectivity index (χ1) is 18.5. The van der Waals surface area contributed by atoms with Crippen molar-refractivity contribution in [3.05, 3.63) is 59.1 Å². The summed E-state index contributed by atoms with van der Waals surface area (Å²) in [7, 11) is 0. The molecule has 2 heterocycles. The Kier molecular flexibility index (Phi) is 4.47. The van der Waals surface area contributed by atoms with Crippen LogP contribution in [0.25, 0.3) is 0 Å². The Morgan fingerprint density at radius 2 is 1.94 bits per heavy atom. The highest BCUT2D eigenvalue weighted by Crippen LogP contribution is 2.38. The van der Waals surface area contributed by atoms with Crippen molar-refractivity contribution >= 4 is 29.5 Å². The first-order valence-corrected chi connectivity index (χ1v) is 10.4. The minimum atomic E-state index is -3.05. The number of carbonyl (C=O) groups excluding carboxylic acids is 2. The number of carboxylic acid groups (broad SMARTS) is 1. The second kappa shape index (κ2) is 9.24. The normalized spacial score (nSPS) is 31.1. The molecular formula is C23H22O9S. The number of hydrogen-bond acceptors (Lipinski definition) is 9. The van der Waals surface area contributed by atoms with Crippen LogP contribution in [0.1, 0.15) is 43.8 Å². The molecule has 4 N–H and O–H groups in total. The van der Waals surface area contributed by atoms with E-state index in [4.69, 9.17) is 19.1 Å². The summed E-state index contributed by atoms with van der Waals surface area (Å²) >= 11 is 0.891. The molecule has 0 aromatic heterocycles. The highest BCUT2D eigenvalue weighted by molar-refractivity contribution is 7.99. The fourth-order valence-corrected chi connectivity index (χ4v) is 4.42. The second-order valence-electron chi connectivity index (χ2n) is 7.38. The van der Waals surface area contributed by atoms with E-state index in [2.05, 4.69) is 0 Å². The lowest BCUT2D eigenvalue weighted by Crippen LogP contribution is -2.60. The number of aliphatic hydroxyl groups is 3. The van der Waals surface area contributed by atoms with Crippen LogP contribution >= 0.6 is 11.8 Å². The number of esters is 1. The second-order valence-corrected chi connectivity index (χ2v) is 8.43. The molecule has 0 amide bonds. The zero-order chi connectivity index (χ0) is 29.8. The lowest BCUT2D eigenvalue weighted by Gasteiger charge is -2.38. The number of ketones is 1. The zero-order valence-corrected chi connectivity index (χ0v) is 17.5.